The van der Waals surface area contributed by atoms with E-state index in [9.17, 15) is 5.11 Å². The fraction of sp³-hybridized carbons (Fsp3) is 0.308. The van der Waals surface area contributed by atoms with Crippen molar-refractivity contribution in [2.24, 2.45) is 0 Å². The van der Waals surface area contributed by atoms with Crippen LogP contribution in [0.1, 0.15) is 31.0 Å². The van der Waals surface area contributed by atoms with E-state index in [2.05, 4.69) is 5.10 Å². The molecule has 2 aromatic rings. The number of benzene rings is 1. The summed E-state index contributed by atoms with van der Waals surface area (Å²) in [4.78, 5) is 0. The van der Waals surface area contributed by atoms with Gasteiger partial charge in [-0.05, 0) is 24.5 Å². The molecule has 1 heterocycles. The minimum atomic E-state index is 0.297. The Labute approximate surface area is 101 Å². The van der Waals surface area contributed by atoms with Crippen LogP contribution in [0.2, 0.25) is 0 Å². The number of nitrogen functional groups attached to an aromatic ring is 1. The smallest absolute Gasteiger partial charge is 0.121 e. The fourth-order valence-corrected chi connectivity index (χ4v) is 1.83. The number of rotatable bonds is 2. The first-order valence-electron chi connectivity index (χ1n) is 5.64. The molecule has 0 amide bonds. The van der Waals surface area contributed by atoms with Gasteiger partial charge in [0.05, 0.1) is 23.3 Å². The van der Waals surface area contributed by atoms with E-state index in [1.54, 1.807) is 16.9 Å². The van der Waals surface area contributed by atoms with Crippen LogP contribution in [-0.2, 0) is 0 Å². The molecule has 0 saturated carbocycles. The summed E-state index contributed by atoms with van der Waals surface area (Å²) in [7, 11) is 0. The van der Waals surface area contributed by atoms with E-state index < -0.39 is 0 Å². The van der Waals surface area contributed by atoms with Crippen LogP contribution in [0, 0.1) is 6.92 Å². The molecule has 17 heavy (non-hydrogen) atoms. The summed E-state index contributed by atoms with van der Waals surface area (Å²) in [6, 6.07) is 5.58. The zero-order valence-corrected chi connectivity index (χ0v) is 10.3. The lowest BCUT2D eigenvalue weighted by Crippen LogP contribution is -2.00. The van der Waals surface area contributed by atoms with Crippen LogP contribution in [0.5, 0.6) is 5.75 Å². The van der Waals surface area contributed by atoms with Crippen molar-refractivity contribution < 1.29 is 5.11 Å². The Morgan fingerprint density at radius 3 is 2.53 bits per heavy atom. The summed E-state index contributed by atoms with van der Waals surface area (Å²) in [5.74, 6) is 0.596. The first-order valence-corrected chi connectivity index (χ1v) is 5.64. The van der Waals surface area contributed by atoms with Crippen molar-refractivity contribution in [3.63, 3.8) is 0 Å². The Hall–Kier alpha value is -1.97. The van der Waals surface area contributed by atoms with Gasteiger partial charge in [-0.15, -0.1) is 0 Å². The van der Waals surface area contributed by atoms with Gasteiger partial charge in [0.2, 0.25) is 0 Å². The van der Waals surface area contributed by atoms with E-state index in [1.165, 1.54) is 0 Å². The average molecular weight is 231 g/mol. The number of anilines is 1. The highest BCUT2D eigenvalue weighted by atomic mass is 16.3. The van der Waals surface area contributed by atoms with Gasteiger partial charge >= 0.3 is 0 Å². The van der Waals surface area contributed by atoms with Gasteiger partial charge in [0, 0.05) is 6.07 Å². The van der Waals surface area contributed by atoms with Gasteiger partial charge in [-0.25, -0.2) is 4.68 Å². The van der Waals surface area contributed by atoms with E-state index in [0.717, 1.165) is 16.9 Å². The van der Waals surface area contributed by atoms with Crippen molar-refractivity contribution in [3.05, 3.63) is 35.7 Å². The van der Waals surface area contributed by atoms with Gasteiger partial charge < -0.3 is 10.8 Å². The highest BCUT2D eigenvalue weighted by Crippen LogP contribution is 2.28. The fourth-order valence-electron chi connectivity index (χ4n) is 1.83. The van der Waals surface area contributed by atoms with Crippen LogP contribution in [0.4, 0.5) is 5.69 Å². The van der Waals surface area contributed by atoms with Gasteiger partial charge in [-0.3, -0.25) is 0 Å². The predicted octanol–water partition coefficient (Wildman–Crippen LogP) is 2.59. The molecule has 4 nitrogen and oxygen atoms in total. The summed E-state index contributed by atoms with van der Waals surface area (Å²) in [5.41, 5.74) is 9.03. The molecular formula is C13H17N3O. The Balaban J connectivity index is 2.48. The molecule has 1 aromatic heterocycles. The zero-order valence-electron chi connectivity index (χ0n) is 10.3. The summed E-state index contributed by atoms with van der Waals surface area (Å²) < 4.78 is 1.72. The summed E-state index contributed by atoms with van der Waals surface area (Å²) in [5, 5.41) is 14.1. The third-order valence-corrected chi connectivity index (χ3v) is 2.93. The Morgan fingerprint density at radius 2 is 2.06 bits per heavy atom. The maximum absolute atomic E-state index is 9.95. The number of aromatic nitrogens is 2. The van der Waals surface area contributed by atoms with Gasteiger partial charge in [0.25, 0.3) is 0 Å². The number of phenols is 1. The molecule has 1 aromatic carbocycles. The predicted molar refractivity (Wildman–Crippen MR) is 68.5 cm³/mol. The van der Waals surface area contributed by atoms with Crippen molar-refractivity contribution in [1.82, 2.24) is 9.78 Å². The van der Waals surface area contributed by atoms with Gasteiger partial charge in [-0.2, -0.15) is 5.10 Å². The van der Waals surface area contributed by atoms with Crippen molar-refractivity contribution in [3.8, 4) is 11.4 Å². The van der Waals surface area contributed by atoms with E-state index in [4.69, 9.17) is 5.73 Å². The van der Waals surface area contributed by atoms with Crippen molar-refractivity contribution in [2.45, 2.75) is 26.7 Å². The van der Waals surface area contributed by atoms with Crippen LogP contribution in [0.25, 0.3) is 5.69 Å². The number of nitrogens with zero attached hydrogens (tertiary/aromatic N) is 2. The molecule has 0 aliphatic carbocycles. The number of phenolic OH excluding ortho intramolecular Hbond substituents is 1. The molecule has 0 fully saturated rings. The highest BCUT2D eigenvalue weighted by molar-refractivity contribution is 5.49. The number of nitrogens with two attached hydrogens (primary N) is 1. The molecule has 0 saturated heterocycles. The lowest BCUT2D eigenvalue weighted by atomic mass is 10.0. The third kappa shape index (κ3) is 1.98. The maximum Gasteiger partial charge on any atom is 0.121 e. The monoisotopic (exact) mass is 231 g/mol. The normalized spacial score (nSPS) is 11.1. The standard InChI is InChI=1S/C13H17N3O/c1-8(2)11-5-4-10(6-13(11)17)16-9(3)12(14)7-15-16/h4-8,17H,14H2,1-3H3. The summed E-state index contributed by atoms with van der Waals surface area (Å²) in [6.45, 7) is 5.99. The Morgan fingerprint density at radius 1 is 1.35 bits per heavy atom. The Kier molecular flexibility index (Phi) is 2.79. The molecule has 3 N–H and O–H groups in total. The third-order valence-electron chi connectivity index (χ3n) is 2.93. The van der Waals surface area contributed by atoms with Crippen molar-refractivity contribution >= 4 is 5.69 Å². The second-order valence-electron chi connectivity index (χ2n) is 4.49. The zero-order chi connectivity index (χ0) is 12.6. The molecule has 0 radical (unpaired) electrons. The molecule has 4 heteroatoms. The quantitative estimate of drug-likeness (QED) is 0.835. The highest BCUT2D eigenvalue weighted by Gasteiger charge is 2.10. The van der Waals surface area contributed by atoms with Gasteiger partial charge in [0.1, 0.15) is 5.75 Å². The number of hydrogen-bond donors (Lipinski definition) is 2. The van der Waals surface area contributed by atoms with Crippen LogP contribution >= 0.6 is 0 Å². The summed E-state index contributed by atoms with van der Waals surface area (Å²) >= 11 is 0. The number of aromatic hydroxyl groups is 1. The lowest BCUT2D eigenvalue weighted by molar-refractivity contribution is 0.464. The molecule has 0 aliphatic rings. The van der Waals surface area contributed by atoms with Crippen LogP contribution in [0.3, 0.4) is 0 Å². The average Bonchev–Trinajstić information content (AvgIpc) is 2.59. The first kappa shape index (κ1) is 11.5. The maximum atomic E-state index is 9.95. The SMILES string of the molecule is Cc1c(N)cnn1-c1ccc(C(C)C)c(O)c1. The largest absolute Gasteiger partial charge is 0.508 e. The summed E-state index contributed by atoms with van der Waals surface area (Å²) in [6.07, 6.45) is 1.61. The Bertz CT molecular complexity index is 544. The van der Waals surface area contributed by atoms with Crippen LogP contribution < -0.4 is 5.73 Å². The molecule has 90 valence electrons. The van der Waals surface area contributed by atoms with Gasteiger partial charge in [-0.1, -0.05) is 19.9 Å². The van der Waals surface area contributed by atoms with E-state index in [-0.39, 0.29) is 0 Å². The minimum Gasteiger partial charge on any atom is -0.508 e. The van der Waals surface area contributed by atoms with E-state index in [1.807, 2.05) is 32.9 Å². The number of hydrogen-bond acceptors (Lipinski definition) is 3. The molecule has 2 rings (SSSR count). The van der Waals surface area contributed by atoms with Crippen molar-refractivity contribution in [1.29, 1.82) is 0 Å². The van der Waals surface area contributed by atoms with Crippen LogP contribution in [0.15, 0.2) is 24.4 Å². The van der Waals surface area contributed by atoms with Gasteiger partial charge in [0.15, 0.2) is 0 Å². The molecular weight excluding hydrogens is 214 g/mol. The van der Waals surface area contributed by atoms with E-state index in [0.29, 0.717) is 17.4 Å². The lowest BCUT2D eigenvalue weighted by Gasteiger charge is -2.11. The minimum absolute atomic E-state index is 0.297. The molecule has 0 bridgehead atoms. The van der Waals surface area contributed by atoms with Crippen LogP contribution in [-0.4, -0.2) is 14.9 Å². The van der Waals surface area contributed by atoms with Crippen molar-refractivity contribution in [2.75, 3.05) is 5.73 Å². The second-order valence-corrected chi connectivity index (χ2v) is 4.49. The molecule has 0 aliphatic heterocycles. The molecule has 0 spiro atoms. The topological polar surface area (TPSA) is 64.1 Å². The molecule has 0 unspecified atom stereocenters. The second kappa shape index (κ2) is 4.13. The molecule has 0 atom stereocenters. The first-order chi connectivity index (χ1) is 8.00. The van der Waals surface area contributed by atoms with E-state index >= 15 is 0 Å².